The summed E-state index contributed by atoms with van der Waals surface area (Å²) in [5.41, 5.74) is 2.44. The van der Waals surface area contributed by atoms with E-state index in [1.165, 1.54) is 11.1 Å². The fourth-order valence-corrected chi connectivity index (χ4v) is 3.72. The normalized spacial score (nSPS) is 11.6. The Labute approximate surface area is 162 Å². The molecule has 0 saturated carbocycles. The summed E-state index contributed by atoms with van der Waals surface area (Å²) < 4.78 is 11.0. The molecule has 0 saturated heterocycles. The minimum absolute atomic E-state index is 0.0126. The predicted octanol–water partition coefficient (Wildman–Crippen LogP) is 4.17. The highest BCUT2D eigenvalue weighted by molar-refractivity contribution is 5.43. The molecular formula is C23H32O4. The van der Waals surface area contributed by atoms with Gasteiger partial charge >= 0.3 is 0 Å². The molecule has 2 aromatic carbocycles. The molecule has 0 amide bonds. The van der Waals surface area contributed by atoms with Crippen LogP contribution in [0, 0.1) is 5.92 Å². The molecule has 27 heavy (non-hydrogen) atoms. The van der Waals surface area contributed by atoms with E-state index < -0.39 is 0 Å². The Balaban J connectivity index is 2.36. The van der Waals surface area contributed by atoms with Crippen LogP contribution in [0.25, 0.3) is 0 Å². The van der Waals surface area contributed by atoms with Crippen molar-refractivity contribution in [3.05, 3.63) is 59.7 Å². The van der Waals surface area contributed by atoms with Gasteiger partial charge in [0.15, 0.2) is 0 Å². The Kier molecular flexibility index (Phi) is 8.14. The van der Waals surface area contributed by atoms with E-state index in [1.807, 2.05) is 24.3 Å². The Morgan fingerprint density at radius 1 is 0.778 bits per heavy atom. The SMILES string of the molecule is CCC(CC(C)C)(c1ccc(OCCO)cc1)c1ccc(OCCO)cc1. The summed E-state index contributed by atoms with van der Waals surface area (Å²) in [6.07, 6.45) is 2.02. The van der Waals surface area contributed by atoms with Crippen LogP contribution in [0.15, 0.2) is 48.5 Å². The summed E-state index contributed by atoms with van der Waals surface area (Å²) in [5, 5.41) is 17.8. The molecule has 2 rings (SSSR count). The van der Waals surface area contributed by atoms with Crippen LogP contribution in [-0.4, -0.2) is 36.6 Å². The second-order valence-electron chi connectivity index (χ2n) is 7.23. The maximum atomic E-state index is 8.92. The van der Waals surface area contributed by atoms with Crippen LogP contribution in [0.1, 0.15) is 44.7 Å². The Bertz CT molecular complexity index is 610. The maximum absolute atomic E-state index is 8.92. The summed E-state index contributed by atoms with van der Waals surface area (Å²) in [4.78, 5) is 0. The zero-order valence-electron chi connectivity index (χ0n) is 16.6. The first-order chi connectivity index (χ1) is 13.1. The molecule has 0 bridgehead atoms. The molecule has 2 aromatic rings. The third kappa shape index (κ3) is 5.47. The van der Waals surface area contributed by atoms with Gasteiger partial charge in [0, 0.05) is 5.41 Å². The molecule has 0 aliphatic carbocycles. The Morgan fingerprint density at radius 3 is 1.48 bits per heavy atom. The van der Waals surface area contributed by atoms with E-state index in [0.717, 1.165) is 24.3 Å². The lowest BCUT2D eigenvalue weighted by Crippen LogP contribution is -2.29. The lowest BCUT2D eigenvalue weighted by atomic mass is 9.68. The van der Waals surface area contributed by atoms with Crippen LogP contribution in [0.3, 0.4) is 0 Å². The highest BCUT2D eigenvalue weighted by atomic mass is 16.5. The highest BCUT2D eigenvalue weighted by Crippen LogP contribution is 2.42. The van der Waals surface area contributed by atoms with Crippen molar-refractivity contribution in [2.75, 3.05) is 26.4 Å². The summed E-state index contributed by atoms with van der Waals surface area (Å²) in [6.45, 7) is 7.37. The molecule has 0 radical (unpaired) electrons. The van der Waals surface area contributed by atoms with Gasteiger partial charge in [0.05, 0.1) is 13.2 Å². The van der Waals surface area contributed by atoms with Crippen molar-refractivity contribution in [2.45, 2.75) is 39.0 Å². The molecule has 0 fully saturated rings. The fourth-order valence-electron chi connectivity index (χ4n) is 3.72. The van der Waals surface area contributed by atoms with Crippen molar-refractivity contribution in [2.24, 2.45) is 5.92 Å². The number of rotatable bonds is 11. The largest absolute Gasteiger partial charge is 0.491 e. The molecule has 4 nitrogen and oxygen atoms in total. The standard InChI is InChI=1S/C23H32O4/c1-4-23(17-18(2)3,19-5-9-21(10-6-19)26-15-13-24)20-7-11-22(12-8-20)27-16-14-25/h5-12,18,24-25H,4,13-17H2,1-3H3. The molecular weight excluding hydrogens is 340 g/mol. The molecule has 0 spiro atoms. The third-order valence-electron chi connectivity index (χ3n) is 4.89. The van der Waals surface area contributed by atoms with E-state index >= 15 is 0 Å². The van der Waals surface area contributed by atoms with Gasteiger partial charge in [0.25, 0.3) is 0 Å². The maximum Gasteiger partial charge on any atom is 0.119 e. The van der Waals surface area contributed by atoms with Crippen LogP contribution in [-0.2, 0) is 5.41 Å². The van der Waals surface area contributed by atoms with Crippen molar-refractivity contribution in [3.8, 4) is 11.5 Å². The van der Waals surface area contributed by atoms with Gasteiger partial charge in [0.1, 0.15) is 24.7 Å². The first-order valence-corrected chi connectivity index (χ1v) is 9.74. The van der Waals surface area contributed by atoms with Crippen molar-refractivity contribution >= 4 is 0 Å². The van der Waals surface area contributed by atoms with Crippen LogP contribution >= 0.6 is 0 Å². The van der Waals surface area contributed by atoms with E-state index in [4.69, 9.17) is 19.7 Å². The van der Waals surface area contributed by atoms with Crippen molar-refractivity contribution in [1.29, 1.82) is 0 Å². The summed E-state index contributed by atoms with van der Waals surface area (Å²) in [6, 6.07) is 16.5. The first kappa shape index (κ1) is 21.3. The minimum atomic E-state index is -0.0841. The molecule has 148 valence electrons. The van der Waals surface area contributed by atoms with Gasteiger partial charge in [-0.2, -0.15) is 0 Å². The fraction of sp³-hybridized carbons (Fsp3) is 0.478. The third-order valence-corrected chi connectivity index (χ3v) is 4.89. The average Bonchev–Trinajstić information content (AvgIpc) is 2.69. The molecule has 2 N–H and O–H groups in total. The summed E-state index contributed by atoms with van der Waals surface area (Å²) in [5.74, 6) is 2.09. The first-order valence-electron chi connectivity index (χ1n) is 9.74. The van der Waals surface area contributed by atoms with Crippen LogP contribution in [0.2, 0.25) is 0 Å². The highest BCUT2D eigenvalue weighted by Gasteiger charge is 2.33. The number of benzene rings is 2. The monoisotopic (exact) mass is 372 g/mol. The van der Waals surface area contributed by atoms with Crippen molar-refractivity contribution in [1.82, 2.24) is 0 Å². The number of hydrogen-bond donors (Lipinski definition) is 2. The van der Waals surface area contributed by atoms with Crippen molar-refractivity contribution in [3.63, 3.8) is 0 Å². The van der Waals surface area contributed by atoms with Gasteiger partial charge in [-0.05, 0) is 54.2 Å². The second-order valence-corrected chi connectivity index (χ2v) is 7.23. The van der Waals surface area contributed by atoms with Gasteiger partial charge in [-0.25, -0.2) is 0 Å². The zero-order valence-corrected chi connectivity index (χ0v) is 16.6. The van der Waals surface area contributed by atoms with Gasteiger partial charge in [-0.1, -0.05) is 45.0 Å². The molecule has 0 aromatic heterocycles. The predicted molar refractivity (Wildman–Crippen MR) is 109 cm³/mol. The van der Waals surface area contributed by atoms with Crippen molar-refractivity contribution < 1.29 is 19.7 Å². The summed E-state index contributed by atoms with van der Waals surface area (Å²) in [7, 11) is 0. The van der Waals surface area contributed by atoms with Crippen LogP contribution in [0.4, 0.5) is 0 Å². The van der Waals surface area contributed by atoms with Gasteiger partial charge in [-0.15, -0.1) is 0 Å². The lowest BCUT2D eigenvalue weighted by Gasteiger charge is -2.36. The Morgan fingerprint density at radius 2 is 1.19 bits per heavy atom. The van der Waals surface area contributed by atoms with Gasteiger partial charge in [-0.3, -0.25) is 0 Å². The number of ether oxygens (including phenoxy) is 2. The number of aliphatic hydroxyl groups excluding tert-OH is 2. The average molecular weight is 373 g/mol. The molecule has 0 heterocycles. The molecule has 4 heteroatoms. The van der Waals surface area contributed by atoms with Gasteiger partial charge < -0.3 is 19.7 Å². The molecule has 0 atom stereocenters. The van der Waals surface area contributed by atoms with Crippen LogP contribution in [0.5, 0.6) is 11.5 Å². The summed E-state index contributed by atoms with van der Waals surface area (Å²) >= 11 is 0. The quantitative estimate of drug-likeness (QED) is 0.621. The molecule has 0 aliphatic heterocycles. The smallest absolute Gasteiger partial charge is 0.119 e. The lowest BCUT2D eigenvalue weighted by molar-refractivity contribution is 0.201. The van der Waals surface area contributed by atoms with E-state index in [1.54, 1.807) is 0 Å². The topological polar surface area (TPSA) is 58.9 Å². The zero-order chi connectivity index (χ0) is 19.7. The second kappa shape index (κ2) is 10.3. The minimum Gasteiger partial charge on any atom is -0.491 e. The Hall–Kier alpha value is -2.04. The van der Waals surface area contributed by atoms with E-state index in [9.17, 15) is 0 Å². The number of hydrogen-bond acceptors (Lipinski definition) is 4. The van der Waals surface area contributed by atoms with Gasteiger partial charge in [0.2, 0.25) is 0 Å². The molecule has 0 aliphatic rings. The molecule has 0 unspecified atom stereocenters. The van der Waals surface area contributed by atoms with Crippen LogP contribution < -0.4 is 9.47 Å². The van der Waals surface area contributed by atoms with E-state index in [0.29, 0.717) is 19.1 Å². The number of aliphatic hydroxyl groups is 2. The van der Waals surface area contributed by atoms with E-state index in [2.05, 4.69) is 45.0 Å². The van der Waals surface area contributed by atoms with E-state index in [-0.39, 0.29) is 18.6 Å².